The van der Waals surface area contributed by atoms with Crippen molar-refractivity contribution in [3.05, 3.63) is 53.1 Å². The second-order valence-corrected chi connectivity index (χ2v) is 5.88. The van der Waals surface area contributed by atoms with Crippen LogP contribution in [0.15, 0.2) is 47.6 Å². The number of carbonyl (C=O) groups excluding carboxylic acids is 2. The molecule has 102 valence electrons. The van der Waals surface area contributed by atoms with Gasteiger partial charge in [0.25, 0.3) is 0 Å². The Morgan fingerprint density at radius 3 is 2.55 bits per heavy atom. The van der Waals surface area contributed by atoms with Gasteiger partial charge in [0.15, 0.2) is 11.6 Å². The highest BCUT2D eigenvalue weighted by molar-refractivity contribution is 6.08. The number of allylic oxidation sites excluding steroid dienone is 3. The van der Waals surface area contributed by atoms with Gasteiger partial charge >= 0.3 is 0 Å². The Balaban J connectivity index is 1.96. The van der Waals surface area contributed by atoms with Crippen LogP contribution in [0.4, 0.5) is 0 Å². The van der Waals surface area contributed by atoms with Crippen LogP contribution in [-0.2, 0) is 9.59 Å². The molecule has 2 heteroatoms. The van der Waals surface area contributed by atoms with Crippen LogP contribution in [0.2, 0.25) is 0 Å². The zero-order valence-corrected chi connectivity index (χ0v) is 11.7. The van der Waals surface area contributed by atoms with Gasteiger partial charge in [0, 0.05) is 6.42 Å². The quantitative estimate of drug-likeness (QED) is 0.726. The molecule has 1 fully saturated rings. The summed E-state index contributed by atoms with van der Waals surface area (Å²) in [5.74, 6) is 0.368. The van der Waals surface area contributed by atoms with E-state index in [1.54, 1.807) is 6.08 Å². The first kappa shape index (κ1) is 13.0. The first-order chi connectivity index (χ1) is 9.59. The highest BCUT2D eigenvalue weighted by atomic mass is 16.1. The molecule has 1 aromatic carbocycles. The second kappa shape index (κ2) is 4.86. The summed E-state index contributed by atoms with van der Waals surface area (Å²) >= 11 is 0. The topological polar surface area (TPSA) is 34.1 Å². The number of hydrogen-bond donors (Lipinski definition) is 0. The van der Waals surface area contributed by atoms with Gasteiger partial charge in [0.2, 0.25) is 0 Å². The fourth-order valence-electron chi connectivity index (χ4n) is 3.19. The monoisotopic (exact) mass is 266 g/mol. The van der Waals surface area contributed by atoms with Gasteiger partial charge in [-0.3, -0.25) is 9.59 Å². The number of ketones is 2. The predicted octanol–water partition coefficient (Wildman–Crippen LogP) is 3.73. The Labute approximate surface area is 119 Å². The first-order valence-corrected chi connectivity index (χ1v) is 7.14. The Morgan fingerprint density at radius 1 is 1.05 bits per heavy atom. The van der Waals surface area contributed by atoms with Crippen molar-refractivity contribution < 1.29 is 9.59 Å². The molecule has 0 N–H and O–H groups in total. The van der Waals surface area contributed by atoms with E-state index in [0.717, 1.165) is 29.6 Å². The minimum absolute atomic E-state index is 0.167. The van der Waals surface area contributed by atoms with Crippen LogP contribution < -0.4 is 0 Å². The van der Waals surface area contributed by atoms with E-state index in [9.17, 15) is 9.59 Å². The smallest absolute Gasteiger partial charge is 0.168 e. The maximum atomic E-state index is 12.8. The molecule has 0 spiro atoms. The van der Waals surface area contributed by atoms with Crippen molar-refractivity contribution in [2.75, 3.05) is 0 Å². The van der Waals surface area contributed by atoms with Gasteiger partial charge in [-0.25, -0.2) is 0 Å². The van der Waals surface area contributed by atoms with Crippen molar-refractivity contribution in [1.82, 2.24) is 0 Å². The standard InChI is InChI=1S/C18H18O2/c1-18-10-9-16(19)12-15(18)8-7-14(17(18)20)11-13-5-3-2-4-6-13/h2-6,11-12H,7-10H2,1H3. The summed E-state index contributed by atoms with van der Waals surface area (Å²) < 4.78 is 0. The van der Waals surface area contributed by atoms with Crippen molar-refractivity contribution in [2.24, 2.45) is 5.41 Å². The van der Waals surface area contributed by atoms with E-state index in [2.05, 4.69) is 0 Å². The molecule has 0 aromatic heterocycles. The Hall–Kier alpha value is -1.96. The van der Waals surface area contributed by atoms with Gasteiger partial charge in [0.05, 0.1) is 5.41 Å². The zero-order chi connectivity index (χ0) is 14.2. The largest absolute Gasteiger partial charge is 0.295 e. The molecule has 20 heavy (non-hydrogen) atoms. The van der Waals surface area contributed by atoms with Crippen LogP contribution in [0.5, 0.6) is 0 Å². The molecule has 2 aliphatic carbocycles. The van der Waals surface area contributed by atoms with E-state index >= 15 is 0 Å². The Kier molecular flexibility index (Phi) is 3.17. The van der Waals surface area contributed by atoms with Crippen LogP contribution in [-0.4, -0.2) is 11.6 Å². The lowest BCUT2D eigenvalue weighted by atomic mass is 9.63. The maximum Gasteiger partial charge on any atom is 0.168 e. The molecule has 2 aliphatic rings. The summed E-state index contributed by atoms with van der Waals surface area (Å²) in [6, 6.07) is 9.95. The normalized spacial score (nSPS) is 28.2. The number of fused-ring (bicyclic) bond motifs is 1. The van der Waals surface area contributed by atoms with Crippen molar-refractivity contribution in [3.63, 3.8) is 0 Å². The fourth-order valence-corrected chi connectivity index (χ4v) is 3.19. The van der Waals surface area contributed by atoms with Crippen molar-refractivity contribution in [3.8, 4) is 0 Å². The molecule has 3 rings (SSSR count). The Bertz CT molecular complexity index is 622. The van der Waals surface area contributed by atoms with Crippen molar-refractivity contribution >= 4 is 17.6 Å². The molecule has 1 atom stereocenters. The van der Waals surface area contributed by atoms with Gasteiger partial charge in [-0.05, 0) is 49.5 Å². The molecule has 0 radical (unpaired) electrons. The lowest BCUT2D eigenvalue weighted by molar-refractivity contribution is -0.125. The van der Waals surface area contributed by atoms with Crippen molar-refractivity contribution in [2.45, 2.75) is 32.6 Å². The SMILES string of the molecule is CC12CCC(=O)C=C1CCC(=Cc1ccccc1)C2=O. The molecule has 1 aromatic rings. The molecule has 0 amide bonds. The average Bonchev–Trinajstić information content (AvgIpc) is 2.46. The van der Waals surface area contributed by atoms with Crippen LogP contribution >= 0.6 is 0 Å². The minimum Gasteiger partial charge on any atom is -0.295 e. The number of rotatable bonds is 1. The fraction of sp³-hybridized carbons (Fsp3) is 0.333. The van der Waals surface area contributed by atoms with Crippen molar-refractivity contribution in [1.29, 1.82) is 0 Å². The third kappa shape index (κ3) is 2.15. The number of benzene rings is 1. The molecule has 1 saturated carbocycles. The van der Waals surface area contributed by atoms with Crippen LogP contribution in [0.25, 0.3) is 6.08 Å². The minimum atomic E-state index is -0.452. The third-order valence-electron chi connectivity index (χ3n) is 4.51. The molecule has 1 unspecified atom stereocenters. The zero-order valence-electron chi connectivity index (χ0n) is 11.7. The van der Waals surface area contributed by atoms with E-state index < -0.39 is 5.41 Å². The predicted molar refractivity (Wildman–Crippen MR) is 79.1 cm³/mol. The third-order valence-corrected chi connectivity index (χ3v) is 4.51. The highest BCUT2D eigenvalue weighted by Gasteiger charge is 2.43. The van der Waals surface area contributed by atoms with Gasteiger partial charge in [-0.2, -0.15) is 0 Å². The molecular formula is C18H18O2. The van der Waals surface area contributed by atoms with Gasteiger partial charge < -0.3 is 0 Å². The van der Waals surface area contributed by atoms with Crippen LogP contribution in [0.1, 0.15) is 38.2 Å². The van der Waals surface area contributed by atoms with Gasteiger partial charge in [-0.1, -0.05) is 35.9 Å². The molecule has 0 aliphatic heterocycles. The molecule has 0 bridgehead atoms. The summed E-state index contributed by atoms with van der Waals surface area (Å²) in [5, 5.41) is 0. The van der Waals surface area contributed by atoms with E-state index in [-0.39, 0.29) is 11.6 Å². The highest BCUT2D eigenvalue weighted by Crippen LogP contribution is 2.46. The number of Topliss-reactive ketones (excluding diaryl/α,β-unsaturated/α-hetero) is 1. The molecule has 0 heterocycles. The Morgan fingerprint density at radius 2 is 1.80 bits per heavy atom. The van der Waals surface area contributed by atoms with Crippen LogP contribution in [0, 0.1) is 5.41 Å². The van der Waals surface area contributed by atoms with E-state index in [1.165, 1.54) is 0 Å². The summed E-state index contributed by atoms with van der Waals surface area (Å²) in [4.78, 5) is 24.3. The van der Waals surface area contributed by atoms with E-state index in [4.69, 9.17) is 0 Å². The van der Waals surface area contributed by atoms with Crippen LogP contribution in [0.3, 0.4) is 0 Å². The summed E-state index contributed by atoms with van der Waals surface area (Å²) in [5.41, 5.74) is 2.54. The lowest BCUT2D eigenvalue weighted by Gasteiger charge is -2.38. The number of hydrogen-bond acceptors (Lipinski definition) is 2. The first-order valence-electron chi connectivity index (χ1n) is 7.14. The number of carbonyl (C=O) groups is 2. The lowest BCUT2D eigenvalue weighted by Crippen LogP contribution is -2.38. The van der Waals surface area contributed by atoms with Gasteiger partial charge in [-0.15, -0.1) is 0 Å². The summed E-state index contributed by atoms with van der Waals surface area (Å²) in [6.07, 6.45) is 6.42. The molecular weight excluding hydrogens is 248 g/mol. The molecule has 0 saturated heterocycles. The average molecular weight is 266 g/mol. The van der Waals surface area contributed by atoms with E-state index in [1.807, 2.05) is 43.3 Å². The molecule has 2 nitrogen and oxygen atoms in total. The summed E-state index contributed by atoms with van der Waals surface area (Å²) in [7, 11) is 0. The maximum absolute atomic E-state index is 12.8. The van der Waals surface area contributed by atoms with E-state index in [0.29, 0.717) is 12.8 Å². The second-order valence-electron chi connectivity index (χ2n) is 5.88. The summed E-state index contributed by atoms with van der Waals surface area (Å²) in [6.45, 7) is 1.99. The van der Waals surface area contributed by atoms with Gasteiger partial charge in [0.1, 0.15) is 0 Å².